The fourth-order valence-electron chi connectivity index (χ4n) is 3.21. The molecule has 1 aromatic heterocycles. The number of benzene rings is 2. The SMILES string of the molecule is N=C(N)NCC(F)(F)c1ccc(NC(=O)c2cc(C(=O)Nc3ccc(C(F)(F)CNC(=N)N)cc3)ncn2)cc1. The molecule has 2 amide bonds. The van der Waals surface area contributed by atoms with Gasteiger partial charge in [-0.05, 0) is 24.3 Å². The topological polar surface area (TPSA) is 208 Å². The minimum atomic E-state index is -3.32. The molecule has 1 heterocycles. The number of hydrogen-bond acceptors (Lipinski definition) is 6. The van der Waals surface area contributed by atoms with Gasteiger partial charge in [-0.1, -0.05) is 24.3 Å². The third kappa shape index (κ3) is 7.86. The van der Waals surface area contributed by atoms with E-state index in [1.807, 2.05) is 0 Å². The summed E-state index contributed by atoms with van der Waals surface area (Å²) in [5.41, 5.74) is 9.27. The molecule has 0 saturated heterocycles. The predicted octanol–water partition coefficient (Wildman–Crippen LogP) is 2.13. The quantitative estimate of drug-likeness (QED) is 0.104. The first-order valence-electron chi connectivity index (χ1n) is 11.3. The highest BCUT2D eigenvalue weighted by Crippen LogP contribution is 2.29. The third-order valence-corrected chi connectivity index (χ3v) is 5.26. The lowest BCUT2D eigenvalue weighted by atomic mass is 10.1. The number of carbonyl (C=O) groups excluding carboxylic acids is 2. The Balaban J connectivity index is 1.63. The van der Waals surface area contributed by atoms with Crippen molar-refractivity contribution >= 4 is 35.1 Å². The van der Waals surface area contributed by atoms with Crippen LogP contribution in [0.25, 0.3) is 0 Å². The van der Waals surface area contributed by atoms with Crippen molar-refractivity contribution in [3.8, 4) is 0 Å². The minimum absolute atomic E-state index is 0.170. The molecule has 0 atom stereocenters. The molecule has 3 aromatic rings. The Labute approximate surface area is 224 Å². The van der Waals surface area contributed by atoms with Crippen LogP contribution in [0.3, 0.4) is 0 Å². The van der Waals surface area contributed by atoms with Crippen LogP contribution in [0.15, 0.2) is 60.9 Å². The molecule has 10 N–H and O–H groups in total. The van der Waals surface area contributed by atoms with Gasteiger partial charge in [-0.25, -0.2) is 9.97 Å². The summed E-state index contributed by atoms with van der Waals surface area (Å²) in [4.78, 5) is 32.8. The van der Waals surface area contributed by atoms with Crippen LogP contribution < -0.4 is 32.7 Å². The van der Waals surface area contributed by atoms with Gasteiger partial charge < -0.3 is 32.7 Å². The number of anilines is 2. The lowest BCUT2D eigenvalue weighted by molar-refractivity contribution is 0.000695. The molecule has 40 heavy (non-hydrogen) atoms. The van der Waals surface area contributed by atoms with Gasteiger partial charge in [0.2, 0.25) is 0 Å². The Morgan fingerprint density at radius 3 is 1.38 bits per heavy atom. The maximum Gasteiger partial charge on any atom is 0.290 e. The van der Waals surface area contributed by atoms with Crippen molar-refractivity contribution < 1.29 is 27.2 Å². The summed E-state index contributed by atoms with van der Waals surface area (Å²) < 4.78 is 56.7. The van der Waals surface area contributed by atoms with Gasteiger partial charge in [0.15, 0.2) is 11.9 Å². The minimum Gasteiger partial charge on any atom is -0.370 e. The van der Waals surface area contributed by atoms with Gasteiger partial charge in [0, 0.05) is 28.6 Å². The number of nitrogens with two attached hydrogens (primary N) is 2. The fourth-order valence-corrected chi connectivity index (χ4v) is 3.21. The molecule has 0 aliphatic carbocycles. The van der Waals surface area contributed by atoms with E-state index in [1.165, 1.54) is 24.3 Å². The number of amides is 2. The molecule has 0 saturated carbocycles. The number of carbonyl (C=O) groups is 2. The van der Waals surface area contributed by atoms with Crippen LogP contribution in [0.4, 0.5) is 28.9 Å². The average molecular weight is 561 g/mol. The van der Waals surface area contributed by atoms with Gasteiger partial charge in [0.05, 0.1) is 13.1 Å². The summed E-state index contributed by atoms with van der Waals surface area (Å²) in [6.45, 7) is -1.76. The molecule has 0 spiro atoms. The summed E-state index contributed by atoms with van der Waals surface area (Å²) in [7, 11) is 0. The van der Waals surface area contributed by atoms with Crippen molar-refractivity contribution in [2.75, 3.05) is 23.7 Å². The maximum atomic E-state index is 14.2. The highest BCUT2D eigenvalue weighted by atomic mass is 19.3. The molecule has 210 valence electrons. The average Bonchev–Trinajstić information content (AvgIpc) is 2.91. The number of alkyl halides is 4. The Kier molecular flexibility index (Phi) is 8.82. The van der Waals surface area contributed by atoms with Crippen LogP contribution in [0.2, 0.25) is 0 Å². The molecule has 3 rings (SSSR count). The number of nitrogens with one attached hydrogen (secondary N) is 6. The van der Waals surface area contributed by atoms with E-state index in [9.17, 15) is 27.2 Å². The molecule has 0 aliphatic rings. The summed E-state index contributed by atoms with van der Waals surface area (Å²) >= 11 is 0. The summed E-state index contributed by atoms with van der Waals surface area (Å²) in [5, 5.41) is 23.0. The van der Waals surface area contributed by atoms with Crippen molar-refractivity contribution in [2.45, 2.75) is 11.8 Å². The second kappa shape index (κ2) is 12.1. The monoisotopic (exact) mass is 560 g/mol. The van der Waals surface area contributed by atoms with E-state index in [2.05, 4.69) is 31.2 Å². The molecule has 0 bridgehead atoms. The van der Waals surface area contributed by atoms with Gasteiger partial charge in [0.25, 0.3) is 23.7 Å². The summed E-state index contributed by atoms with van der Waals surface area (Å²) in [6.07, 6.45) is 0.973. The molecule has 0 unspecified atom stereocenters. The molecule has 0 aliphatic heterocycles. The molecule has 2 aromatic carbocycles. The van der Waals surface area contributed by atoms with Crippen LogP contribution >= 0.6 is 0 Å². The van der Waals surface area contributed by atoms with Gasteiger partial charge >= 0.3 is 0 Å². The highest BCUT2D eigenvalue weighted by Gasteiger charge is 2.32. The largest absolute Gasteiger partial charge is 0.370 e. The first-order valence-corrected chi connectivity index (χ1v) is 11.3. The number of rotatable bonds is 10. The Morgan fingerprint density at radius 1 is 0.700 bits per heavy atom. The Morgan fingerprint density at radius 2 is 1.05 bits per heavy atom. The van der Waals surface area contributed by atoms with Crippen LogP contribution in [-0.2, 0) is 11.8 Å². The lowest BCUT2D eigenvalue weighted by Gasteiger charge is -2.18. The van der Waals surface area contributed by atoms with Crippen LogP contribution in [-0.4, -0.2) is 46.8 Å². The Hall–Kier alpha value is -5.28. The number of halogens is 4. The zero-order valence-electron chi connectivity index (χ0n) is 20.6. The van der Waals surface area contributed by atoms with E-state index in [1.54, 1.807) is 0 Å². The van der Waals surface area contributed by atoms with Crippen molar-refractivity contribution in [2.24, 2.45) is 11.5 Å². The van der Waals surface area contributed by atoms with Crippen molar-refractivity contribution in [3.05, 3.63) is 83.4 Å². The van der Waals surface area contributed by atoms with Gasteiger partial charge in [-0.3, -0.25) is 20.4 Å². The second-order valence-corrected chi connectivity index (χ2v) is 8.29. The van der Waals surface area contributed by atoms with E-state index in [-0.39, 0.29) is 33.9 Å². The van der Waals surface area contributed by atoms with Crippen molar-refractivity contribution in [3.63, 3.8) is 0 Å². The Bertz CT molecular complexity index is 1300. The van der Waals surface area contributed by atoms with Gasteiger partial charge in [0.1, 0.15) is 17.7 Å². The van der Waals surface area contributed by atoms with Crippen molar-refractivity contribution in [1.29, 1.82) is 10.8 Å². The first kappa shape index (κ1) is 29.3. The van der Waals surface area contributed by atoms with E-state index < -0.39 is 48.7 Å². The first-order chi connectivity index (χ1) is 18.8. The highest BCUT2D eigenvalue weighted by molar-refractivity contribution is 6.06. The molecular formula is C24H24F4N10O2. The van der Waals surface area contributed by atoms with E-state index >= 15 is 0 Å². The number of hydrogen-bond donors (Lipinski definition) is 8. The maximum absolute atomic E-state index is 14.2. The molecule has 0 fully saturated rings. The fraction of sp³-hybridized carbons (Fsp3) is 0.167. The van der Waals surface area contributed by atoms with E-state index in [0.717, 1.165) is 36.7 Å². The van der Waals surface area contributed by atoms with Crippen LogP contribution in [0, 0.1) is 10.8 Å². The van der Waals surface area contributed by atoms with Gasteiger partial charge in [-0.2, -0.15) is 17.6 Å². The molecule has 12 nitrogen and oxygen atoms in total. The number of nitrogens with zero attached hydrogens (tertiary/aromatic N) is 2. The van der Waals surface area contributed by atoms with Gasteiger partial charge in [-0.15, -0.1) is 0 Å². The lowest BCUT2D eigenvalue weighted by Crippen LogP contribution is -2.38. The normalized spacial score (nSPS) is 11.3. The van der Waals surface area contributed by atoms with E-state index in [4.69, 9.17) is 22.3 Å². The third-order valence-electron chi connectivity index (χ3n) is 5.26. The zero-order chi connectivity index (χ0) is 29.5. The number of guanidine groups is 2. The second-order valence-electron chi connectivity index (χ2n) is 8.29. The summed E-state index contributed by atoms with van der Waals surface area (Å²) in [6, 6.07) is 10.4. The standard InChI is InChI=1S/C24H24F4N10O2/c25-23(26,10-33-21(29)30)13-1-5-15(6-2-13)37-19(39)17-9-18(36-12-35-17)20(40)38-16-7-3-14(4-8-16)24(27,28)11-34-22(31)32/h1-9,12H,10-11H2,(H,37,39)(H,38,40)(H4,29,30,33)(H4,31,32,34). The number of aromatic nitrogens is 2. The van der Waals surface area contributed by atoms with Crippen LogP contribution in [0.5, 0.6) is 0 Å². The molecule has 0 radical (unpaired) electrons. The van der Waals surface area contributed by atoms with E-state index in [0.29, 0.717) is 0 Å². The molecular weight excluding hydrogens is 536 g/mol. The van der Waals surface area contributed by atoms with Crippen molar-refractivity contribution in [1.82, 2.24) is 20.6 Å². The smallest absolute Gasteiger partial charge is 0.290 e. The molecule has 16 heteroatoms. The summed E-state index contributed by atoms with van der Waals surface area (Å²) in [5.74, 6) is -9.34. The zero-order valence-corrected chi connectivity index (χ0v) is 20.6. The predicted molar refractivity (Wildman–Crippen MR) is 138 cm³/mol. The van der Waals surface area contributed by atoms with Crippen LogP contribution in [0.1, 0.15) is 32.1 Å².